The summed E-state index contributed by atoms with van der Waals surface area (Å²) in [5.41, 5.74) is -0.0147. The van der Waals surface area contributed by atoms with Crippen LogP contribution in [0.4, 0.5) is 13.2 Å². The van der Waals surface area contributed by atoms with E-state index in [0.717, 1.165) is 13.2 Å². The lowest BCUT2D eigenvalue weighted by atomic mass is 10.3. The summed E-state index contributed by atoms with van der Waals surface area (Å²) in [6.45, 7) is 1.29. The van der Waals surface area contributed by atoms with Gasteiger partial charge in [0, 0.05) is 5.69 Å². The number of ether oxygens (including phenoxy) is 2. The third-order valence-corrected chi connectivity index (χ3v) is 2.68. The van der Waals surface area contributed by atoms with Gasteiger partial charge in [-0.15, -0.1) is 13.2 Å². The fourth-order valence-corrected chi connectivity index (χ4v) is 1.95. The average molecular weight is 286 g/mol. The number of rotatable bonds is 3. The van der Waals surface area contributed by atoms with Crippen LogP contribution in [0.3, 0.4) is 0 Å². The summed E-state index contributed by atoms with van der Waals surface area (Å²) in [6, 6.07) is 0.984. The molecular weight excluding hydrogens is 277 g/mol. The van der Waals surface area contributed by atoms with Crippen molar-refractivity contribution in [2.24, 2.45) is 5.14 Å². The molecule has 0 aromatic carbocycles. The zero-order valence-electron chi connectivity index (χ0n) is 9.28. The first-order valence-corrected chi connectivity index (χ1v) is 5.93. The van der Waals surface area contributed by atoms with Crippen LogP contribution in [0, 0.1) is 6.92 Å². The van der Waals surface area contributed by atoms with Crippen molar-refractivity contribution in [1.29, 1.82) is 0 Å². The van der Waals surface area contributed by atoms with E-state index in [9.17, 15) is 21.6 Å². The number of hydrogen-bond acceptors (Lipinski definition) is 5. The fraction of sp³-hybridized carbons (Fsp3) is 0.375. The van der Waals surface area contributed by atoms with Crippen molar-refractivity contribution >= 4 is 10.0 Å². The highest BCUT2D eigenvalue weighted by Crippen LogP contribution is 2.35. The molecule has 0 bridgehead atoms. The second-order valence-electron chi connectivity index (χ2n) is 3.19. The molecule has 1 aromatic heterocycles. The summed E-state index contributed by atoms with van der Waals surface area (Å²) >= 11 is 0. The fourth-order valence-electron chi connectivity index (χ4n) is 1.18. The van der Waals surface area contributed by atoms with E-state index in [2.05, 4.69) is 14.5 Å². The topological polar surface area (TPSA) is 91.5 Å². The van der Waals surface area contributed by atoms with Gasteiger partial charge in [-0.25, -0.2) is 18.5 Å². The molecule has 0 aliphatic rings. The van der Waals surface area contributed by atoms with Crippen molar-refractivity contribution in [3.8, 4) is 11.6 Å². The van der Waals surface area contributed by atoms with Gasteiger partial charge in [-0.05, 0) is 13.0 Å². The Labute approximate surface area is 101 Å². The van der Waals surface area contributed by atoms with Gasteiger partial charge >= 0.3 is 6.36 Å². The standard InChI is InChI=1S/C8H9F3N2O4S/c1-4-3-5(18(12,14)15)6(16-2)7(13-4)17-8(9,10)11/h3H,1-2H3,(H2,12,14,15). The van der Waals surface area contributed by atoms with Gasteiger partial charge in [-0.3, -0.25) is 0 Å². The molecule has 2 N–H and O–H groups in total. The molecule has 0 amide bonds. The number of aryl methyl sites for hydroxylation is 1. The number of sulfonamides is 1. The quantitative estimate of drug-likeness (QED) is 0.893. The minimum Gasteiger partial charge on any atom is -0.490 e. The molecule has 18 heavy (non-hydrogen) atoms. The summed E-state index contributed by atoms with van der Waals surface area (Å²) in [7, 11) is -3.28. The summed E-state index contributed by atoms with van der Waals surface area (Å²) in [5, 5.41) is 4.86. The number of primary sulfonamides is 1. The van der Waals surface area contributed by atoms with E-state index >= 15 is 0 Å². The molecular formula is C8H9F3N2O4S. The average Bonchev–Trinajstić information content (AvgIpc) is 2.12. The monoisotopic (exact) mass is 286 g/mol. The van der Waals surface area contributed by atoms with E-state index < -0.39 is 32.9 Å². The van der Waals surface area contributed by atoms with E-state index in [1.165, 1.54) is 6.92 Å². The minimum atomic E-state index is -5.02. The zero-order valence-corrected chi connectivity index (χ0v) is 10.1. The molecule has 0 fully saturated rings. The van der Waals surface area contributed by atoms with Crippen LogP contribution in [-0.4, -0.2) is 26.9 Å². The maximum absolute atomic E-state index is 12.1. The van der Waals surface area contributed by atoms with Crippen LogP contribution in [0.15, 0.2) is 11.0 Å². The van der Waals surface area contributed by atoms with Gasteiger partial charge in [0.25, 0.3) is 5.88 Å². The molecule has 10 heteroatoms. The van der Waals surface area contributed by atoms with Crippen LogP contribution in [0.5, 0.6) is 11.6 Å². The first-order chi connectivity index (χ1) is 8.04. The van der Waals surface area contributed by atoms with Gasteiger partial charge in [0.05, 0.1) is 7.11 Å². The Morgan fingerprint density at radius 2 is 1.94 bits per heavy atom. The molecule has 1 heterocycles. The Hall–Kier alpha value is -1.55. The predicted molar refractivity (Wildman–Crippen MR) is 53.6 cm³/mol. The zero-order chi connectivity index (χ0) is 14.1. The number of nitrogens with zero attached hydrogens (tertiary/aromatic N) is 1. The lowest BCUT2D eigenvalue weighted by Crippen LogP contribution is -2.20. The highest BCUT2D eigenvalue weighted by molar-refractivity contribution is 7.89. The van der Waals surface area contributed by atoms with Gasteiger partial charge in [0.1, 0.15) is 4.90 Å². The molecule has 0 aliphatic carbocycles. The van der Waals surface area contributed by atoms with Crippen molar-refractivity contribution in [3.63, 3.8) is 0 Å². The number of hydrogen-bond donors (Lipinski definition) is 1. The lowest BCUT2D eigenvalue weighted by Gasteiger charge is -2.14. The Morgan fingerprint density at radius 3 is 2.33 bits per heavy atom. The SMILES string of the molecule is COc1c(S(N)(=O)=O)cc(C)nc1OC(F)(F)F. The maximum atomic E-state index is 12.1. The normalized spacial score (nSPS) is 12.3. The van der Waals surface area contributed by atoms with Crippen molar-refractivity contribution in [1.82, 2.24) is 4.98 Å². The first-order valence-electron chi connectivity index (χ1n) is 4.39. The van der Waals surface area contributed by atoms with Crippen molar-refractivity contribution in [2.75, 3.05) is 7.11 Å². The number of nitrogens with two attached hydrogens (primary N) is 1. The summed E-state index contributed by atoms with van der Waals surface area (Å²) in [5.74, 6) is -1.70. The van der Waals surface area contributed by atoms with Gasteiger partial charge in [0.2, 0.25) is 15.8 Å². The van der Waals surface area contributed by atoms with Gasteiger partial charge < -0.3 is 9.47 Å². The molecule has 0 saturated carbocycles. The third kappa shape index (κ3) is 3.47. The first kappa shape index (κ1) is 14.5. The molecule has 6 nitrogen and oxygen atoms in total. The van der Waals surface area contributed by atoms with Crippen LogP contribution < -0.4 is 14.6 Å². The Morgan fingerprint density at radius 1 is 1.39 bits per heavy atom. The van der Waals surface area contributed by atoms with Crippen molar-refractivity contribution in [3.05, 3.63) is 11.8 Å². The molecule has 1 rings (SSSR count). The molecule has 1 aromatic rings. The minimum absolute atomic E-state index is 0.0147. The third-order valence-electron chi connectivity index (χ3n) is 1.76. The smallest absolute Gasteiger partial charge is 0.490 e. The molecule has 0 saturated heterocycles. The number of pyridine rings is 1. The predicted octanol–water partition coefficient (Wildman–Crippen LogP) is 0.945. The van der Waals surface area contributed by atoms with Crippen LogP contribution in [0.25, 0.3) is 0 Å². The van der Waals surface area contributed by atoms with Gasteiger partial charge in [0.15, 0.2) is 0 Å². The molecule has 0 spiro atoms. The number of alkyl halides is 3. The van der Waals surface area contributed by atoms with E-state index in [-0.39, 0.29) is 5.69 Å². The second-order valence-corrected chi connectivity index (χ2v) is 4.72. The molecule has 0 radical (unpaired) electrons. The number of methoxy groups -OCH3 is 1. The summed E-state index contributed by atoms with van der Waals surface area (Å²) < 4.78 is 66.9. The van der Waals surface area contributed by atoms with Crippen LogP contribution >= 0.6 is 0 Å². The van der Waals surface area contributed by atoms with Crippen molar-refractivity contribution in [2.45, 2.75) is 18.2 Å². The largest absolute Gasteiger partial charge is 0.574 e. The number of halogens is 3. The van der Waals surface area contributed by atoms with E-state index in [0.29, 0.717) is 0 Å². The highest BCUT2D eigenvalue weighted by atomic mass is 32.2. The summed E-state index contributed by atoms with van der Waals surface area (Å²) in [6.07, 6.45) is -5.02. The Bertz CT molecular complexity index is 556. The van der Waals surface area contributed by atoms with Crippen molar-refractivity contribution < 1.29 is 31.1 Å². The molecule has 102 valence electrons. The van der Waals surface area contributed by atoms with E-state index in [1.807, 2.05) is 0 Å². The van der Waals surface area contributed by atoms with Crippen LogP contribution in [-0.2, 0) is 10.0 Å². The number of aromatic nitrogens is 1. The summed E-state index contributed by atoms with van der Waals surface area (Å²) in [4.78, 5) is 2.79. The second kappa shape index (κ2) is 4.61. The van der Waals surface area contributed by atoms with Crippen LogP contribution in [0.2, 0.25) is 0 Å². The Balaban J connectivity index is 3.48. The molecule has 0 unspecified atom stereocenters. The lowest BCUT2D eigenvalue weighted by molar-refractivity contribution is -0.276. The molecule has 0 atom stereocenters. The highest BCUT2D eigenvalue weighted by Gasteiger charge is 2.35. The van der Waals surface area contributed by atoms with Gasteiger partial charge in [-0.1, -0.05) is 0 Å². The maximum Gasteiger partial charge on any atom is 0.574 e. The molecule has 0 aliphatic heterocycles. The van der Waals surface area contributed by atoms with Crippen LogP contribution in [0.1, 0.15) is 5.69 Å². The Kier molecular flexibility index (Phi) is 3.72. The van der Waals surface area contributed by atoms with Gasteiger partial charge in [-0.2, -0.15) is 0 Å². The van der Waals surface area contributed by atoms with E-state index in [4.69, 9.17) is 5.14 Å². The van der Waals surface area contributed by atoms with E-state index in [1.54, 1.807) is 0 Å².